The summed E-state index contributed by atoms with van der Waals surface area (Å²) in [6.45, 7) is 2.82. The quantitative estimate of drug-likeness (QED) is 0.792. The largest absolute Gasteiger partial charge is 0.395 e. The third kappa shape index (κ3) is 2.91. The fraction of sp³-hybridized carbons (Fsp3) is 0.267. The summed E-state index contributed by atoms with van der Waals surface area (Å²) in [5.74, 6) is 0.873. The van der Waals surface area contributed by atoms with E-state index in [9.17, 15) is 5.11 Å². The Balaban J connectivity index is 1.85. The SMILES string of the molecule is CC1=C(c2ccccc2)SC(Nc2ccn[nH]2)N1CCO. The predicted octanol–water partition coefficient (Wildman–Crippen LogP) is 2.54. The summed E-state index contributed by atoms with van der Waals surface area (Å²) in [6.07, 6.45) is 1.72. The average molecular weight is 302 g/mol. The zero-order chi connectivity index (χ0) is 14.7. The molecule has 0 amide bonds. The number of thioether (sulfide) groups is 1. The molecule has 21 heavy (non-hydrogen) atoms. The number of anilines is 1. The maximum absolute atomic E-state index is 9.32. The molecule has 0 saturated heterocycles. The van der Waals surface area contributed by atoms with E-state index >= 15 is 0 Å². The van der Waals surface area contributed by atoms with Crippen LogP contribution in [0.5, 0.6) is 0 Å². The molecule has 0 bridgehead atoms. The van der Waals surface area contributed by atoms with Gasteiger partial charge in [0.2, 0.25) is 0 Å². The van der Waals surface area contributed by atoms with Crippen LogP contribution in [0.3, 0.4) is 0 Å². The Kier molecular flexibility index (Phi) is 4.17. The van der Waals surface area contributed by atoms with Crippen molar-refractivity contribution in [1.82, 2.24) is 15.1 Å². The van der Waals surface area contributed by atoms with Crippen molar-refractivity contribution in [1.29, 1.82) is 0 Å². The van der Waals surface area contributed by atoms with Crippen LogP contribution < -0.4 is 5.32 Å². The molecule has 6 heteroatoms. The van der Waals surface area contributed by atoms with Gasteiger partial charge in [-0.15, -0.1) is 0 Å². The minimum Gasteiger partial charge on any atom is -0.395 e. The van der Waals surface area contributed by atoms with Crippen LogP contribution in [-0.4, -0.2) is 38.9 Å². The predicted molar refractivity (Wildman–Crippen MR) is 86.4 cm³/mol. The van der Waals surface area contributed by atoms with Crippen LogP contribution in [0, 0.1) is 0 Å². The van der Waals surface area contributed by atoms with Crippen molar-refractivity contribution < 1.29 is 5.11 Å². The molecular formula is C15H18N4OS. The van der Waals surface area contributed by atoms with Gasteiger partial charge >= 0.3 is 0 Å². The smallest absolute Gasteiger partial charge is 0.153 e. The molecule has 0 spiro atoms. The molecule has 1 aromatic heterocycles. The third-order valence-corrected chi connectivity index (χ3v) is 4.79. The fourth-order valence-electron chi connectivity index (χ4n) is 2.40. The van der Waals surface area contributed by atoms with Crippen LogP contribution in [0.25, 0.3) is 4.91 Å². The summed E-state index contributed by atoms with van der Waals surface area (Å²) in [5.41, 5.74) is 2.43. The highest BCUT2D eigenvalue weighted by atomic mass is 32.2. The first-order chi connectivity index (χ1) is 10.3. The second-order valence-corrected chi connectivity index (χ2v) is 5.87. The minimum absolute atomic E-state index is 0.0489. The summed E-state index contributed by atoms with van der Waals surface area (Å²) in [7, 11) is 0. The first-order valence-electron chi connectivity index (χ1n) is 6.86. The van der Waals surface area contributed by atoms with Gasteiger partial charge in [-0.2, -0.15) is 5.10 Å². The maximum atomic E-state index is 9.32. The highest BCUT2D eigenvalue weighted by Gasteiger charge is 2.30. The summed E-state index contributed by atoms with van der Waals surface area (Å²) in [5, 5.41) is 19.6. The van der Waals surface area contributed by atoms with E-state index in [1.807, 2.05) is 24.3 Å². The third-order valence-electron chi connectivity index (χ3n) is 3.43. The molecule has 3 N–H and O–H groups in total. The molecule has 1 atom stereocenters. The van der Waals surface area contributed by atoms with E-state index in [2.05, 4.69) is 39.5 Å². The van der Waals surface area contributed by atoms with Crippen molar-refractivity contribution in [2.45, 2.75) is 12.4 Å². The van der Waals surface area contributed by atoms with Crippen molar-refractivity contribution >= 4 is 22.5 Å². The molecule has 0 fully saturated rings. The molecule has 1 aliphatic heterocycles. The van der Waals surface area contributed by atoms with E-state index in [1.165, 1.54) is 16.2 Å². The second kappa shape index (κ2) is 6.24. The average Bonchev–Trinajstić information content (AvgIpc) is 3.12. The van der Waals surface area contributed by atoms with Gasteiger partial charge in [-0.3, -0.25) is 5.10 Å². The molecule has 0 radical (unpaired) electrons. The lowest BCUT2D eigenvalue weighted by molar-refractivity contribution is 0.228. The zero-order valence-corrected chi connectivity index (χ0v) is 12.6. The van der Waals surface area contributed by atoms with Gasteiger partial charge in [-0.1, -0.05) is 42.1 Å². The topological polar surface area (TPSA) is 64.2 Å². The van der Waals surface area contributed by atoms with E-state index in [1.54, 1.807) is 18.0 Å². The monoisotopic (exact) mass is 302 g/mol. The molecule has 2 aromatic rings. The first kappa shape index (κ1) is 14.0. The van der Waals surface area contributed by atoms with Crippen LogP contribution in [0.1, 0.15) is 12.5 Å². The van der Waals surface area contributed by atoms with Gasteiger partial charge < -0.3 is 15.3 Å². The number of hydrogen-bond acceptors (Lipinski definition) is 5. The standard InChI is InChI=1S/C15H18N4OS/c1-11-14(12-5-3-2-4-6-12)21-15(19(11)9-10-20)17-13-7-8-16-18-13/h2-8,15,20H,9-10H2,1H3,(H2,16,17,18). The fourth-order valence-corrected chi connectivity index (χ4v) is 3.76. The van der Waals surface area contributed by atoms with E-state index in [-0.39, 0.29) is 12.1 Å². The number of aromatic amines is 1. The highest BCUT2D eigenvalue weighted by molar-refractivity contribution is 8.09. The lowest BCUT2D eigenvalue weighted by Gasteiger charge is -2.27. The molecule has 0 aliphatic carbocycles. The number of allylic oxidation sites excluding steroid dienone is 1. The molecule has 1 unspecified atom stereocenters. The molecule has 5 nitrogen and oxygen atoms in total. The number of aliphatic hydroxyl groups is 1. The Bertz CT molecular complexity index is 612. The number of aliphatic hydroxyl groups excluding tert-OH is 1. The Morgan fingerprint density at radius 3 is 2.81 bits per heavy atom. The second-order valence-electron chi connectivity index (χ2n) is 4.78. The number of β-amino-alcohol motifs (C(OH)–C–C–N with tert-alkyl or cyclic N) is 1. The zero-order valence-electron chi connectivity index (χ0n) is 11.8. The van der Waals surface area contributed by atoms with Gasteiger partial charge in [-0.25, -0.2) is 0 Å². The number of benzene rings is 1. The van der Waals surface area contributed by atoms with Crippen LogP contribution in [0.2, 0.25) is 0 Å². The minimum atomic E-state index is 0.0489. The van der Waals surface area contributed by atoms with Crippen LogP contribution >= 0.6 is 11.8 Å². The van der Waals surface area contributed by atoms with Crippen molar-refractivity contribution in [3.63, 3.8) is 0 Å². The lowest BCUT2D eigenvalue weighted by atomic mass is 10.2. The van der Waals surface area contributed by atoms with Crippen LogP contribution in [-0.2, 0) is 0 Å². The van der Waals surface area contributed by atoms with Crippen LogP contribution in [0.4, 0.5) is 5.82 Å². The van der Waals surface area contributed by atoms with Gasteiger partial charge in [0.25, 0.3) is 0 Å². The Morgan fingerprint density at radius 1 is 1.33 bits per heavy atom. The van der Waals surface area contributed by atoms with Gasteiger partial charge in [0.05, 0.1) is 12.8 Å². The van der Waals surface area contributed by atoms with E-state index in [0.29, 0.717) is 6.54 Å². The molecule has 1 aromatic carbocycles. The maximum Gasteiger partial charge on any atom is 0.153 e. The Labute approximate surface area is 128 Å². The number of nitrogens with zero attached hydrogens (tertiary/aromatic N) is 2. The van der Waals surface area contributed by atoms with Gasteiger partial charge in [0, 0.05) is 23.2 Å². The Morgan fingerprint density at radius 2 is 2.14 bits per heavy atom. The van der Waals surface area contributed by atoms with E-state index in [4.69, 9.17) is 0 Å². The van der Waals surface area contributed by atoms with Crippen molar-refractivity contribution in [2.75, 3.05) is 18.5 Å². The van der Waals surface area contributed by atoms with E-state index in [0.717, 1.165) is 5.82 Å². The molecule has 110 valence electrons. The number of rotatable bonds is 5. The van der Waals surface area contributed by atoms with Gasteiger partial charge in [-0.05, 0) is 12.5 Å². The molecule has 3 rings (SSSR count). The lowest BCUT2D eigenvalue weighted by Crippen LogP contribution is -2.35. The Hall–Kier alpha value is -1.92. The van der Waals surface area contributed by atoms with E-state index < -0.39 is 0 Å². The van der Waals surface area contributed by atoms with Crippen molar-refractivity contribution in [3.05, 3.63) is 53.9 Å². The number of nitrogens with one attached hydrogen (secondary N) is 2. The first-order valence-corrected chi connectivity index (χ1v) is 7.74. The van der Waals surface area contributed by atoms with Crippen molar-refractivity contribution in [3.8, 4) is 0 Å². The normalized spacial score (nSPS) is 18.4. The number of aromatic nitrogens is 2. The van der Waals surface area contributed by atoms with Gasteiger partial charge in [0.15, 0.2) is 5.50 Å². The van der Waals surface area contributed by atoms with Crippen LogP contribution in [0.15, 0.2) is 48.3 Å². The number of hydrogen-bond donors (Lipinski definition) is 3. The molecule has 1 aliphatic rings. The summed E-state index contributed by atoms with van der Waals surface area (Å²) in [6, 6.07) is 12.2. The highest BCUT2D eigenvalue weighted by Crippen LogP contribution is 2.43. The molecule has 2 heterocycles. The van der Waals surface area contributed by atoms with Gasteiger partial charge in [0.1, 0.15) is 5.82 Å². The number of H-pyrrole nitrogens is 1. The summed E-state index contributed by atoms with van der Waals surface area (Å²) >= 11 is 1.75. The van der Waals surface area contributed by atoms with Crippen molar-refractivity contribution in [2.24, 2.45) is 0 Å². The molecule has 0 saturated carbocycles. The molecular weight excluding hydrogens is 284 g/mol. The summed E-state index contributed by atoms with van der Waals surface area (Å²) in [4.78, 5) is 3.41. The summed E-state index contributed by atoms with van der Waals surface area (Å²) < 4.78 is 0.